The average molecular weight is 557 g/mol. The molecule has 1 atom stereocenters. The van der Waals surface area contributed by atoms with E-state index in [9.17, 15) is 14.9 Å². The van der Waals surface area contributed by atoms with Gasteiger partial charge >= 0.3 is 0 Å². The van der Waals surface area contributed by atoms with E-state index in [-0.39, 0.29) is 11.7 Å². The average Bonchev–Trinajstić information content (AvgIpc) is 3.32. The fraction of sp³-hybridized carbons (Fsp3) is 0.103. The summed E-state index contributed by atoms with van der Waals surface area (Å²) in [6, 6.07) is 26.6. The molecule has 0 saturated carbocycles. The van der Waals surface area contributed by atoms with Crippen LogP contribution in [0.15, 0.2) is 89.1 Å². The number of nitriles is 1. The lowest BCUT2D eigenvalue weighted by atomic mass is 10.1. The number of carbonyl (C=O) groups is 2. The Morgan fingerprint density at radius 1 is 0.947 bits per heavy atom. The number of ketones is 1. The Bertz CT molecular complexity index is 1510. The number of thiophene rings is 1. The first-order valence-corrected chi connectivity index (χ1v) is 13.8. The zero-order valence-corrected chi connectivity index (χ0v) is 23.1. The second-order valence-corrected chi connectivity index (χ2v) is 11.0. The lowest BCUT2D eigenvalue weighted by Gasteiger charge is -2.14. The molecule has 0 bridgehead atoms. The van der Waals surface area contributed by atoms with Crippen molar-refractivity contribution >= 4 is 68.5 Å². The number of nitrogens with zero attached hydrogens (tertiary/aromatic N) is 1. The number of amides is 1. The predicted molar refractivity (Wildman–Crippen MR) is 161 cm³/mol. The molecule has 0 aliphatic carbocycles. The molecule has 0 spiro atoms. The Kier molecular flexibility index (Phi) is 8.92. The molecule has 38 heavy (non-hydrogen) atoms. The molecule has 4 aromatic rings. The molecule has 0 aliphatic heterocycles. The molecule has 3 N–H and O–H groups in total. The SMILES string of the molecule is CC(=O)c1ccc(NC(=S)Nc2cccc(SC(C)C(=O)Nc3scc(-c4ccccc4)c3C#N)c2)cc1. The van der Waals surface area contributed by atoms with Crippen LogP contribution in [0, 0.1) is 11.3 Å². The zero-order valence-electron chi connectivity index (χ0n) is 20.6. The highest BCUT2D eigenvalue weighted by Crippen LogP contribution is 2.35. The van der Waals surface area contributed by atoms with Crippen LogP contribution in [0.4, 0.5) is 16.4 Å². The summed E-state index contributed by atoms with van der Waals surface area (Å²) in [6.07, 6.45) is 0. The van der Waals surface area contributed by atoms with Crippen molar-refractivity contribution in [3.63, 3.8) is 0 Å². The maximum absolute atomic E-state index is 13.0. The number of thioether (sulfide) groups is 1. The van der Waals surface area contributed by atoms with E-state index < -0.39 is 5.25 Å². The lowest BCUT2D eigenvalue weighted by molar-refractivity contribution is -0.115. The van der Waals surface area contributed by atoms with Gasteiger partial charge in [-0.1, -0.05) is 36.4 Å². The van der Waals surface area contributed by atoms with Crippen LogP contribution in [0.5, 0.6) is 0 Å². The van der Waals surface area contributed by atoms with Gasteiger partial charge in [-0.15, -0.1) is 23.1 Å². The first kappa shape index (κ1) is 27.1. The van der Waals surface area contributed by atoms with Gasteiger partial charge in [-0.05, 0) is 74.1 Å². The van der Waals surface area contributed by atoms with Gasteiger partial charge in [0.15, 0.2) is 10.9 Å². The molecular formula is C29H24N4O2S3. The monoisotopic (exact) mass is 556 g/mol. The minimum atomic E-state index is -0.399. The van der Waals surface area contributed by atoms with Gasteiger partial charge in [-0.3, -0.25) is 9.59 Å². The van der Waals surface area contributed by atoms with Crippen molar-refractivity contribution in [1.82, 2.24) is 0 Å². The minimum Gasteiger partial charge on any atom is -0.332 e. The fourth-order valence-corrected chi connectivity index (χ4v) is 5.68. The molecule has 6 nitrogen and oxygen atoms in total. The zero-order chi connectivity index (χ0) is 27.1. The second-order valence-electron chi connectivity index (χ2n) is 8.32. The van der Waals surface area contributed by atoms with Gasteiger partial charge in [-0.25, -0.2) is 0 Å². The summed E-state index contributed by atoms with van der Waals surface area (Å²) >= 11 is 8.18. The van der Waals surface area contributed by atoms with Crippen molar-refractivity contribution in [2.45, 2.75) is 24.0 Å². The van der Waals surface area contributed by atoms with Crippen LogP contribution in [0.3, 0.4) is 0 Å². The normalized spacial score (nSPS) is 11.2. The van der Waals surface area contributed by atoms with Gasteiger partial charge < -0.3 is 16.0 Å². The van der Waals surface area contributed by atoms with Crippen LogP contribution in [-0.2, 0) is 4.79 Å². The maximum Gasteiger partial charge on any atom is 0.238 e. The third kappa shape index (κ3) is 6.86. The molecule has 1 unspecified atom stereocenters. The van der Waals surface area contributed by atoms with E-state index in [2.05, 4.69) is 22.0 Å². The number of hydrogen-bond acceptors (Lipinski definition) is 6. The summed E-state index contributed by atoms with van der Waals surface area (Å²) in [6.45, 7) is 3.35. The highest BCUT2D eigenvalue weighted by Gasteiger charge is 2.19. The van der Waals surface area contributed by atoms with E-state index >= 15 is 0 Å². The number of thiocarbonyl (C=S) groups is 1. The summed E-state index contributed by atoms with van der Waals surface area (Å²) in [7, 11) is 0. The number of Topliss-reactive ketones (excluding diaryl/α,β-unsaturated/α-hetero) is 1. The lowest BCUT2D eigenvalue weighted by Crippen LogP contribution is -2.22. The van der Waals surface area contributed by atoms with Crippen molar-refractivity contribution in [1.29, 1.82) is 5.26 Å². The van der Waals surface area contributed by atoms with E-state index in [1.165, 1.54) is 30.0 Å². The molecule has 1 heterocycles. The second kappa shape index (κ2) is 12.5. The third-order valence-corrected chi connectivity index (χ3v) is 7.74. The highest BCUT2D eigenvalue weighted by atomic mass is 32.2. The summed E-state index contributed by atoms with van der Waals surface area (Å²) in [5, 5.41) is 21.4. The van der Waals surface area contributed by atoms with Crippen LogP contribution in [0.2, 0.25) is 0 Å². The molecule has 1 aromatic heterocycles. The molecule has 1 amide bonds. The molecular weight excluding hydrogens is 533 g/mol. The topological polar surface area (TPSA) is 94.0 Å². The molecule has 3 aromatic carbocycles. The number of hydrogen-bond donors (Lipinski definition) is 3. The predicted octanol–water partition coefficient (Wildman–Crippen LogP) is 7.42. The maximum atomic E-state index is 13.0. The first-order valence-electron chi connectivity index (χ1n) is 11.7. The van der Waals surface area contributed by atoms with E-state index in [4.69, 9.17) is 12.2 Å². The van der Waals surface area contributed by atoms with E-state index in [1.807, 2.05) is 66.9 Å². The van der Waals surface area contributed by atoms with Crippen molar-refractivity contribution < 1.29 is 9.59 Å². The van der Waals surface area contributed by atoms with Crippen LogP contribution < -0.4 is 16.0 Å². The Balaban J connectivity index is 1.36. The van der Waals surface area contributed by atoms with Gasteiger partial charge in [0, 0.05) is 32.8 Å². The molecule has 0 fully saturated rings. The standard InChI is InChI=1S/C29H24N4O2S3/c1-18(34)20-11-13-22(14-12-20)31-29(36)32-23-9-6-10-24(15-23)38-19(2)27(35)33-28-25(16-30)26(17-37-28)21-7-4-3-5-8-21/h3-15,17,19H,1-2H3,(H,33,35)(H2,31,32,36). The van der Waals surface area contributed by atoms with Crippen molar-refractivity contribution in [3.8, 4) is 17.2 Å². The summed E-state index contributed by atoms with van der Waals surface area (Å²) in [5.41, 5.74) is 4.40. The number of carbonyl (C=O) groups excluding carboxylic acids is 2. The third-order valence-electron chi connectivity index (χ3n) is 5.55. The Hall–Kier alpha value is -3.97. The number of benzene rings is 3. The summed E-state index contributed by atoms with van der Waals surface area (Å²) in [5.74, 6) is -0.176. The number of anilines is 3. The first-order chi connectivity index (χ1) is 18.3. The minimum absolute atomic E-state index is 0.00676. The van der Waals surface area contributed by atoms with E-state index in [0.717, 1.165) is 27.4 Å². The van der Waals surface area contributed by atoms with Crippen LogP contribution >= 0.6 is 35.3 Å². The van der Waals surface area contributed by atoms with Crippen LogP contribution in [-0.4, -0.2) is 22.1 Å². The van der Waals surface area contributed by atoms with Crippen molar-refractivity contribution in [2.75, 3.05) is 16.0 Å². The van der Waals surface area contributed by atoms with Gasteiger partial charge in [0.25, 0.3) is 0 Å². The van der Waals surface area contributed by atoms with E-state index in [0.29, 0.717) is 21.2 Å². The Morgan fingerprint density at radius 2 is 1.66 bits per heavy atom. The van der Waals surface area contributed by atoms with Gasteiger partial charge in [-0.2, -0.15) is 5.26 Å². The summed E-state index contributed by atoms with van der Waals surface area (Å²) < 4.78 is 0. The fourth-order valence-electron chi connectivity index (χ4n) is 3.59. The Morgan fingerprint density at radius 3 is 2.34 bits per heavy atom. The van der Waals surface area contributed by atoms with Crippen molar-refractivity contribution in [2.24, 2.45) is 0 Å². The van der Waals surface area contributed by atoms with Gasteiger partial charge in [0.2, 0.25) is 5.91 Å². The van der Waals surface area contributed by atoms with Gasteiger partial charge in [0.1, 0.15) is 11.1 Å². The van der Waals surface area contributed by atoms with Crippen LogP contribution in [0.25, 0.3) is 11.1 Å². The van der Waals surface area contributed by atoms with Gasteiger partial charge in [0.05, 0.1) is 10.8 Å². The number of rotatable bonds is 8. The molecule has 9 heteroatoms. The quantitative estimate of drug-likeness (QED) is 0.118. The van der Waals surface area contributed by atoms with Crippen LogP contribution in [0.1, 0.15) is 29.8 Å². The number of nitrogens with one attached hydrogen (secondary N) is 3. The molecule has 0 aliphatic rings. The molecule has 190 valence electrons. The smallest absolute Gasteiger partial charge is 0.238 e. The molecule has 0 saturated heterocycles. The molecule has 4 rings (SSSR count). The highest BCUT2D eigenvalue weighted by molar-refractivity contribution is 8.00. The molecule has 0 radical (unpaired) electrons. The van der Waals surface area contributed by atoms with Crippen molar-refractivity contribution in [3.05, 3.63) is 95.4 Å². The summed E-state index contributed by atoms with van der Waals surface area (Å²) in [4.78, 5) is 25.3. The van der Waals surface area contributed by atoms with E-state index in [1.54, 1.807) is 24.3 Å². The largest absolute Gasteiger partial charge is 0.332 e. The Labute approximate surface area is 235 Å².